The van der Waals surface area contributed by atoms with Crippen molar-refractivity contribution in [1.29, 1.82) is 0 Å². The van der Waals surface area contributed by atoms with E-state index in [1.807, 2.05) is 0 Å². The van der Waals surface area contributed by atoms with Gasteiger partial charge in [-0.1, -0.05) is 0 Å². The van der Waals surface area contributed by atoms with E-state index in [1.165, 1.54) is 24.3 Å². The van der Waals surface area contributed by atoms with E-state index in [1.54, 1.807) is 6.92 Å². The Kier molecular flexibility index (Phi) is 5.83. The molecule has 12 heavy (non-hydrogen) atoms. The van der Waals surface area contributed by atoms with Crippen LogP contribution in [0.5, 0.6) is 0 Å². The number of rotatable bonds is 1. The van der Waals surface area contributed by atoms with Crippen LogP contribution in [0.4, 0.5) is 4.39 Å². The van der Waals surface area contributed by atoms with Crippen LogP contribution in [0.1, 0.15) is 17.3 Å². The normalized spacial score (nSPS) is 8.25. The quantitative estimate of drug-likeness (QED) is 0.650. The fraction of sp³-hybridized carbons (Fsp3) is 0.222. The zero-order valence-corrected chi connectivity index (χ0v) is 6.83. The number of hydrogen-bond donors (Lipinski definition) is 1. The molecule has 0 unspecified atom stereocenters. The first kappa shape index (κ1) is 10.8. The Morgan fingerprint density at radius 3 is 2.17 bits per heavy atom. The van der Waals surface area contributed by atoms with Crippen molar-refractivity contribution in [1.82, 2.24) is 0 Å². The maximum atomic E-state index is 12.1. The summed E-state index contributed by atoms with van der Waals surface area (Å²) in [6.07, 6.45) is 0.680. The molecule has 0 aliphatic heterocycles. The Bertz CT molecular complexity index is 218. The van der Waals surface area contributed by atoms with E-state index in [9.17, 15) is 9.18 Å². The molecule has 1 aromatic rings. The summed E-state index contributed by atoms with van der Waals surface area (Å²) in [4.78, 5) is 10.00. The van der Waals surface area contributed by atoms with Crippen LogP contribution in [0.25, 0.3) is 0 Å². The Labute approximate surface area is 70.7 Å². The molecule has 0 aromatic heterocycles. The molecule has 0 heterocycles. The molecule has 0 saturated carbocycles. The number of aliphatic hydroxyl groups is 1. The van der Waals surface area contributed by atoms with Crippen LogP contribution in [0.2, 0.25) is 0 Å². The van der Waals surface area contributed by atoms with Gasteiger partial charge in [0.15, 0.2) is 0 Å². The number of halogens is 1. The second-order valence-corrected chi connectivity index (χ2v) is 1.99. The lowest BCUT2D eigenvalue weighted by Crippen LogP contribution is -1.77. The molecule has 0 bridgehead atoms. The minimum atomic E-state index is -0.319. The predicted molar refractivity (Wildman–Crippen MR) is 44.5 cm³/mol. The summed E-state index contributed by atoms with van der Waals surface area (Å²) in [6, 6.07) is 5.37. The summed E-state index contributed by atoms with van der Waals surface area (Å²) >= 11 is 0. The average Bonchev–Trinajstić information content (AvgIpc) is 2.07. The Morgan fingerprint density at radius 2 is 1.83 bits per heavy atom. The molecular weight excluding hydrogens is 159 g/mol. The first-order valence-electron chi connectivity index (χ1n) is 3.56. The highest BCUT2D eigenvalue weighted by molar-refractivity contribution is 5.74. The van der Waals surface area contributed by atoms with Gasteiger partial charge in [-0.3, -0.25) is 4.79 Å². The summed E-state index contributed by atoms with van der Waals surface area (Å²) in [7, 11) is 0. The third-order valence-electron chi connectivity index (χ3n) is 1.01. The van der Waals surface area contributed by atoms with Crippen molar-refractivity contribution in [3.63, 3.8) is 0 Å². The van der Waals surface area contributed by atoms with Crippen molar-refractivity contribution in [3.05, 3.63) is 35.6 Å². The zero-order chi connectivity index (χ0) is 9.40. The van der Waals surface area contributed by atoms with Gasteiger partial charge in [0.25, 0.3) is 0 Å². The number of carbonyl (C=O) groups is 1. The molecule has 66 valence electrons. The molecule has 0 aliphatic rings. The van der Waals surface area contributed by atoms with Gasteiger partial charge in [-0.25, -0.2) is 4.39 Å². The topological polar surface area (TPSA) is 37.3 Å². The highest BCUT2D eigenvalue weighted by Gasteiger charge is 1.87. The van der Waals surface area contributed by atoms with Crippen molar-refractivity contribution in [2.24, 2.45) is 0 Å². The van der Waals surface area contributed by atoms with Crippen LogP contribution in [0.15, 0.2) is 24.3 Å². The summed E-state index contributed by atoms with van der Waals surface area (Å²) in [5, 5.41) is 7.57. The predicted octanol–water partition coefficient (Wildman–Crippen LogP) is 1.64. The lowest BCUT2D eigenvalue weighted by Gasteiger charge is -1.86. The van der Waals surface area contributed by atoms with Crippen molar-refractivity contribution >= 4 is 6.29 Å². The average molecular weight is 170 g/mol. The van der Waals surface area contributed by atoms with Crippen LogP contribution < -0.4 is 0 Å². The molecule has 0 radical (unpaired) electrons. The molecular formula is C9H11FO2. The van der Waals surface area contributed by atoms with Crippen molar-refractivity contribution < 1.29 is 14.3 Å². The Morgan fingerprint density at radius 1 is 1.42 bits per heavy atom. The molecule has 1 aromatic carbocycles. The lowest BCUT2D eigenvalue weighted by atomic mass is 10.2. The van der Waals surface area contributed by atoms with Crippen LogP contribution in [-0.4, -0.2) is 18.0 Å². The van der Waals surface area contributed by atoms with E-state index in [2.05, 4.69) is 0 Å². The minimum absolute atomic E-state index is 0.250. The van der Waals surface area contributed by atoms with Gasteiger partial charge >= 0.3 is 0 Å². The third-order valence-corrected chi connectivity index (χ3v) is 1.01. The second-order valence-electron chi connectivity index (χ2n) is 1.99. The molecule has 2 nitrogen and oxygen atoms in total. The van der Waals surface area contributed by atoms with Crippen molar-refractivity contribution in [2.45, 2.75) is 6.92 Å². The third kappa shape index (κ3) is 4.57. The summed E-state index contributed by atoms with van der Waals surface area (Å²) in [6.45, 7) is 1.93. The first-order chi connectivity index (χ1) is 5.74. The number of carbonyl (C=O) groups excluding carboxylic acids is 1. The van der Waals surface area contributed by atoms with Crippen LogP contribution >= 0.6 is 0 Å². The summed E-state index contributed by atoms with van der Waals surface area (Å²) in [5.41, 5.74) is 0.497. The molecule has 1 N–H and O–H groups in total. The van der Waals surface area contributed by atoms with Gasteiger partial charge in [0.1, 0.15) is 12.1 Å². The fourth-order valence-corrected chi connectivity index (χ4v) is 0.541. The highest BCUT2D eigenvalue weighted by Crippen LogP contribution is 1.98. The monoisotopic (exact) mass is 170 g/mol. The van der Waals surface area contributed by atoms with E-state index in [-0.39, 0.29) is 12.4 Å². The highest BCUT2D eigenvalue weighted by atomic mass is 19.1. The van der Waals surface area contributed by atoms with Gasteiger partial charge < -0.3 is 5.11 Å². The summed E-state index contributed by atoms with van der Waals surface area (Å²) in [5.74, 6) is -0.319. The molecule has 0 spiro atoms. The van der Waals surface area contributed by atoms with Gasteiger partial charge in [0.05, 0.1) is 0 Å². The minimum Gasteiger partial charge on any atom is -0.397 e. The fourth-order valence-electron chi connectivity index (χ4n) is 0.541. The number of hydrogen-bond acceptors (Lipinski definition) is 2. The van der Waals surface area contributed by atoms with E-state index in [0.29, 0.717) is 11.8 Å². The first-order valence-corrected chi connectivity index (χ1v) is 3.56. The van der Waals surface area contributed by atoms with Gasteiger partial charge in [-0.05, 0) is 31.2 Å². The molecule has 0 saturated heterocycles. The van der Waals surface area contributed by atoms with E-state index in [0.717, 1.165) is 0 Å². The zero-order valence-electron chi connectivity index (χ0n) is 6.83. The number of aliphatic hydroxyl groups excluding tert-OH is 1. The number of aldehydes is 1. The maximum absolute atomic E-state index is 12.1. The molecule has 0 atom stereocenters. The van der Waals surface area contributed by atoms with Gasteiger partial charge in [0, 0.05) is 12.2 Å². The lowest BCUT2D eigenvalue weighted by molar-refractivity contribution is 0.112. The van der Waals surface area contributed by atoms with E-state index < -0.39 is 0 Å². The molecule has 3 heteroatoms. The SMILES string of the molecule is CCO.O=Cc1ccc(F)cc1. The maximum Gasteiger partial charge on any atom is 0.150 e. The van der Waals surface area contributed by atoms with Crippen LogP contribution in [-0.2, 0) is 0 Å². The van der Waals surface area contributed by atoms with Gasteiger partial charge in [0.2, 0.25) is 0 Å². The standard InChI is InChI=1S/C7H5FO.C2H6O/c8-7-3-1-6(5-9)2-4-7;1-2-3/h1-5H;3H,2H2,1H3. The van der Waals surface area contributed by atoms with E-state index in [4.69, 9.17) is 5.11 Å². The van der Waals surface area contributed by atoms with Crippen LogP contribution in [0.3, 0.4) is 0 Å². The summed E-state index contributed by atoms with van der Waals surface area (Å²) < 4.78 is 12.1. The molecule has 0 amide bonds. The smallest absolute Gasteiger partial charge is 0.150 e. The molecule has 1 rings (SSSR count). The van der Waals surface area contributed by atoms with Crippen molar-refractivity contribution in [3.8, 4) is 0 Å². The largest absolute Gasteiger partial charge is 0.397 e. The Balaban J connectivity index is 0.000000354. The van der Waals surface area contributed by atoms with Crippen LogP contribution in [0, 0.1) is 5.82 Å². The molecule has 0 fully saturated rings. The Hall–Kier alpha value is -1.22. The number of benzene rings is 1. The van der Waals surface area contributed by atoms with E-state index >= 15 is 0 Å². The van der Waals surface area contributed by atoms with Gasteiger partial charge in [-0.2, -0.15) is 0 Å². The van der Waals surface area contributed by atoms with Gasteiger partial charge in [-0.15, -0.1) is 0 Å². The second kappa shape index (κ2) is 6.49. The van der Waals surface area contributed by atoms with Crippen molar-refractivity contribution in [2.75, 3.05) is 6.61 Å². The molecule has 0 aliphatic carbocycles.